The van der Waals surface area contributed by atoms with Crippen molar-refractivity contribution in [2.45, 2.75) is 32.7 Å². The Morgan fingerprint density at radius 3 is 1.81 bits per heavy atom. The van der Waals surface area contributed by atoms with Gasteiger partial charge in [0.25, 0.3) is 0 Å². The van der Waals surface area contributed by atoms with Gasteiger partial charge in [0.2, 0.25) is 0 Å². The van der Waals surface area contributed by atoms with Gasteiger partial charge in [-0.25, -0.2) is 0 Å². The molecule has 21 heavy (non-hydrogen) atoms. The second kappa shape index (κ2) is 7.28. The Morgan fingerprint density at radius 2 is 1.33 bits per heavy atom. The van der Waals surface area contributed by atoms with E-state index in [1.54, 1.807) is 0 Å². The Hall–Kier alpha value is -1.80. The maximum atomic E-state index is 6.34. The lowest BCUT2D eigenvalue weighted by atomic mass is 10.0. The number of nitrogens with two attached hydrogens (primary N) is 1. The summed E-state index contributed by atoms with van der Waals surface area (Å²) >= 11 is 0. The molecule has 0 aliphatic rings. The molecule has 2 nitrogen and oxygen atoms in total. The van der Waals surface area contributed by atoms with Crippen LogP contribution in [0.2, 0.25) is 0 Å². The first-order valence-electron chi connectivity index (χ1n) is 7.78. The van der Waals surface area contributed by atoms with Crippen LogP contribution in [-0.2, 0) is 12.8 Å². The lowest BCUT2D eigenvalue weighted by molar-refractivity contribution is 0.703. The van der Waals surface area contributed by atoms with Crippen molar-refractivity contribution in [2.24, 2.45) is 5.73 Å². The number of benzene rings is 2. The summed E-state index contributed by atoms with van der Waals surface area (Å²) in [6, 6.07) is 17.4. The number of hydrogen-bond acceptors (Lipinski definition) is 2. The van der Waals surface area contributed by atoms with Gasteiger partial charge in [-0.15, -0.1) is 0 Å². The minimum absolute atomic E-state index is 0.0340. The zero-order valence-corrected chi connectivity index (χ0v) is 13.3. The van der Waals surface area contributed by atoms with Crippen molar-refractivity contribution < 1.29 is 0 Å². The van der Waals surface area contributed by atoms with Crippen molar-refractivity contribution in [1.29, 1.82) is 0 Å². The van der Waals surface area contributed by atoms with Crippen molar-refractivity contribution in [3.8, 4) is 0 Å². The molecule has 0 bridgehead atoms. The van der Waals surface area contributed by atoms with E-state index in [1.807, 2.05) is 0 Å². The van der Waals surface area contributed by atoms with Crippen LogP contribution >= 0.6 is 0 Å². The summed E-state index contributed by atoms with van der Waals surface area (Å²) in [6.07, 6.45) is 2.15. The van der Waals surface area contributed by atoms with E-state index in [2.05, 4.69) is 74.3 Å². The highest BCUT2D eigenvalue weighted by atomic mass is 15.1. The van der Waals surface area contributed by atoms with E-state index in [9.17, 15) is 0 Å². The van der Waals surface area contributed by atoms with Crippen LogP contribution in [0.25, 0.3) is 0 Å². The van der Waals surface area contributed by atoms with Crippen molar-refractivity contribution >= 4 is 5.69 Å². The van der Waals surface area contributed by atoms with Crippen LogP contribution in [0.1, 0.15) is 36.6 Å². The molecule has 112 valence electrons. The van der Waals surface area contributed by atoms with Gasteiger partial charge in [-0.1, -0.05) is 50.2 Å². The molecule has 0 saturated heterocycles. The average Bonchev–Trinajstić information content (AvgIpc) is 2.55. The van der Waals surface area contributed by atoms with Gasteiger partial charge >= 0.3 is 0 Å². The summed E-state index contributed by atoms with van der Waals surface area (Å²) in [6.45, 7) is 5.16. The van der Waals surface area contributed by atoms with Crippen LogP contribution in [0.5, 0.6) is 0 Å². The zero-order chi connectivity index (χ0) is 15.2. The average molecular weight is 282 g/mol. The molecule has 2 N–H and O–H groups in total. The molecule has 1 atom stereocenters. The summed E-state index contributed by atoms with van der Waals surface area (Å²) in [5.74, 6) is 0. The van der Waals surface area contributed by atoms with Gasteiger partial charge in [0.15, 0.2) is 0 Å². The normalized spacial score (nSPS) is 12.2. The monoisotopic (exact) mass is 282 g/mol. The molecule has 0 heterocycles. The van der Waals surface area contributed by atoms with Gasteiger partial charge in [-0.3, -0.25) is 0 Å². The van der Waals surface area contributed by atoms with Crippen LogP contribution < -0.4 is 10.6 Å². The fourth-order valence-electron chi connectivity index (χ4n) is 2.49. The van der Waals surface area contributed by atoms with Gasteiger partial charge in [0.1, 0.15) is 0 Å². The van der Waals surface area contributed by atoms with Gasteiger partial charge in [0.05, 0.1) is 0 Å². The number of anilines is 1. The van der Waals surface area contributed by atoms with Crippen molar-refractivity contribution in [2.75, 3.05) is 18.5 Å². The molecule has 0 aromatic heterocycles. The van der Waals surface area contributed by atoms with Gasteiger partial charge < -0.3 is 10.6 Å². The Balaban J connectivity index is 2.01. The lowest BCUT2D eigenvalue weighted by Crippen LogP contribution is -2.28. The molecule has 0 aliphatic carbocycles. The van der Waals surface area contributed by atoms with E-state index in [-0.39, 0.29) is 6.04 Å². The summed E-state index contributed by atoms with van der Waals surface area (Å²) in [4.78, 5) is 2.22. The molecule has 2 rings (SSSR count). The Bertz CT molecular complexity index is 491. The van der Waals surface area contributed by atoms with Gasteiger partial charge in [-0.2, -0.15) is 0 Å². The molecular formula is C19H26N2. The second-order valence-corrected chi connectivity index (χ2v) is 5.60. The Morgan fingerprint density at radius 1 is 0.857 bits per heavy atom. The summed E-state index contributed by atoms with van der Waals surface area (Å²) in [7, 11) is 2.10. The van der Waals surface area contributed by atoms with Crippen molar-refractivity contribution in [3.05, 3.63) is 65.2 Å². The molecule has 2 aromatic carbocycles. The lowest BCUT2D eigenvalue weighted by Gasteiger charge is -2.24. The first-order valence-corrected chi connectivity index (χ1v) is 7.78. The molecule has 0 saturated carbocycles. The van der Waals surface area contributed by atoms with E-state index >= 15 is 0 Å². The minimum Gasteiger partial charge on any atom is -0.373 e. The third-order valence-corrected chi connectivity index (χ3v) is 4.07. The first kappa shape index (κ1) is 15.6. The maximum absolute atomic E-state index is 6.34. The second-order valence-electron chi connectivity index (χ2n) is 5.60. The minimum atomic E-state index is 0.0340. The number of rotatable bonds is 6. The van der Waals surface area contributed by atoms with Gasteiger partial charge in [-0.05, 0) is 41.7 Å². The standard InChI is InChI=1S/C19H26N2/c1-4-15-6-10-17(11-7-15)19(20)14-21(3)18-12-8-16(5-2)9-13-18/h6-13,19H,4-5,14,20H2,1-3H3. The molecule has 2 aromatic rings. The molecular weight excluding hydrogens is 256 g/mol. The van der Waals surface area contributed by atoms with Crippen LogP contribution in [0, 0.1) is 0 Å². The molecule has 0 fully saturated rings. The molecule has 0 amide bonds. The predicted octanol–water partition coefficient (Wildman–Crippen LogP) is 3.95. The van der Waals surface area contributed by atoms with Crippen LogP contribution in [0.4, 0.5) is 5.69 Å². The van der Waals surface area contributed by atoms with Crippen molar-refractivity contribution in [1.82, 2.24) is 0 Å². The van der Waals surface area contributed by atoms with Crippen molar-refractivity contribution in [3.63, 3.8) is 0 Å². The third-order valence-electron chi connectivity index (χ3n) is 4.07. The number of hydrogen-bond donors (Lipinski definition) is 1. The number of aryl methyl sites for hydroxylation is 2. The molecule has 1 unspecified atom stereocenters. The molecule has 0 radical (unpaired) electrons. The summed E-state index contributed by atoms with van der Waals surface area (Å²) in [5, 5.41) is 0. The van der Waals surface area contributed by atoms with E-state index in [1.165, 1.54) is 22.4 Å². The largest absolute Gasteiger partial charge is 0.373 e. The zero-order valence-electron chi connectivity index (χ0n) is 13.3. The smallest absolute Gasteiger partial charge is 0.0473 e. The van der Waals surface area contributed by atoms with E-state index in [0.29, 0.717) is 0 Å². The topological polar surface area (TPSA) is 29.3 Å². The van der Waals surface area contributed by atoms with E-state index < -0.39 is 0 Å². The first-order chi connectivity index (χ1) is 10.1. The SMILES string of the molecule is CCc1ccc(C(N)CN(C)c2ccc(CC)cc2)cc1. The highest BCUT2D eigenvalue weighted by Gasteiger charge is 2.10. The van der Waals surface area contributed by atoms with Crippen LogP contribution in [-0.4, -0.2) is 13.6 Å². The molecule has 0 aliphatic heterocycles. The van der Waals surface area contributed by atoms with E-state index in [0.717, 1.165) is 19.4 Å². The fourth-order valence-corrected chi connectivity index (χ4v) is 2.49. The van der Waals surface area contributed by atoms with Crippen LogP contribution in [0.15, 0.2) is 48.5 Å². The Kier molecular flexibility index (Phi) is 5.40. The summed E-state index contributed by atoms with van der Waals surface area (Å²) < 4.78 is 0. The van der Waals surface area contributed by atoms with Gasteiger partial charge in [0, 0.05) is 25.3 Å². The predicted molar refractivity (Wildman–Crippen MR) is 91.8 cm³/mol. The number of likely N-dealkylation sites (N-methyl/N-ethyl adjacent to an activating group) is 1. The highest BCUT2D eigenvalue weighted by molar-refractivity contribution is 5.47. The molecule has 2 heteroatoms. The van der Waals surface area contributed by atoms with Crippen LogP contribution in [0.3, 0.4) is 0 Å². The number of nitrogens with zero attached hydrogens (tertiary/aromatic N) is 1. The Labute approximate surface area is 128 Å². The maximum Gasteiger partial charge on any atom is 0.0473 e. The van der Waals surface area contributed by atoms with E-state index in [4.69, 9.17) is 5.73 Å². The quantitative estimate of drug-likeness (QED) is 0.869. The fraction of sp³-hybridized carbons (Fsp3) is 0.368. The molecule has 0 spiro atoms. The highest BCUT2D eigenvalue weighted by Crippen LogP contribution is 2.18. The third kappa shape index (κ3) is 4.08. The summed E-state index contributed by atoms with van der Waals surface area (Å²) in [5.41, 5.74) is 11.5.